The molecule has 6 rings (SSSR count). The molecule has 3 atom stereocenters. The van der Waals surface area contributed by atoms with Crippen LogP contribution in [0.3, 0.4) is 0 Å². The Kier molecular flexibility index (Phi) is 6.32. The molecular weight excluding hydrogens is 432 g/mol. The standard InChI is InChI=1S/C30H40N4O/c1-4-26-27-16-21(8-9-28(27)32-30(26)22-10-13-31-29(17-22)35-3)20-11-14-34(15-12-20)25-18-23-6-5-7-24(19-25)33(23)2/h8-10,13,16-17,20,23-25,32H,4-7,11-12,14-15,18-19H2,1-3H3/t23-,24+,25+. The molecule has 3 aliphatic heterocycles. The fourth-order valence-corrected chi connectivity index (χ4v) is 7.29. The Bertz CT molecular complexity index is 1160. The lowest BCUT2D eigenvalue weighted by Gasteiger charge is -2.50. The molecule has 2 aromatic heterocycles. The maximum atomic E-state index is 5.37. The number of hydrogen-bond acceptors (Lipinski definition) is 4. The van der Waals surface area contributed by atoms with E-state index in [9.17, 15) is 0 Å². The summed E-state index contributed by atoms with van der Waals surface area (Å²) in [5.41, 5.74) is 6.48. The summed E-state index contributed by atoms with van der Waals surface area (Å²) in [6, 6.07) is 13.7. The van der Waals surface area contributed by atoms with E-state index >= 15 is 0 Å². The van der Waals surface area contributed by atoms with Crippen molar-refractivity contribution in [2.75, 3.05) is 27.2 Å². The molecule has 0 unspecified atom stereocenters. The summed E-state index contributed by atoms with van der Waals surface area (Å²) in [7, 11) is 4.04. The van der Waals surface area contributed by atoms with Gasteiger partial charge in [0.15, 0.2) is 0 Å². The van der Waals surface area contributed by atoms with E-state index in [2.05, 4.69) is 58.0 Å². The zero-order valence-corrected chi connectivity index (χ0v) is 21.6. The topological polar surface area (TPSA) is 44.4 Å². The number of fused-ring (bicyclic) bond motifs is 3. The molecule has 3 aliphatic rings. The summed E-state index contributed by atoms with van der Waals surface area (Å²) < 4.78 is 5.37. The lowest BCUT2D eigenvalue weighted by Crippen LogP contribution is -2.56. The van der Waals surface area contributed by atoms with Crippen molar-refractivity contribution in [3.05, 3.63) is 47.7 Å². The fourth-order valence-electron chi connectivity index (χ4n) is 7.29. The zero-order valence-electron chi connectivity index (χ0n) is 21.6. The lowest BCUT2D eigenvalue weighted by atomic mass is 9.80. The smallest absolute Gasteiger partial charge is 0.213 e. The number of aryl methyl sites for hydroxylation is 1. The van der Waals surface area contributed by atoms with Crippen molar-refractivity contribution < 1.29 is 4.74 Å². The fraction of sp³-hybridized carbons (Fsp3) is 0.567. The first kappa shape index (κ1) is 23.1. The largest absolute Gasteiger partial charge is 0.481 e. The predicted molar refractivity (Wildman–Crippen MR) is 143 cm³/mol. The molecule has 3 fully saturated rings. The highest BCUT2D eigenvalue weighted by molar-refractivity contribution is 5.91. The van der Waals surface area contributed by atoms with E-state index in [-0.39, 0.29) is 0 Å². The highest BCUT2D eigenvalue weighted by Gasteiger charge is 2.39. The maximum Gasteiger partial charge on any atom is 0.213 e. The van der Waals surface area contributed by atoms with Crippen molar-refractivity contribution >= 4 is 10.9 Å². The molecular formula is C30H40N4O. The van der Waals surface area contributed by atoms with Gasteiger partial charge in [-0.2, -0.15) is 0 Å². The minimum absolute atomic E-state index is 0.656. The first-order chi connectivity index (χ1) is 17.1. The van der Waals surface area contributed by atoms with Crippen molar-refractivity contribution in [1.29, 1.82) is 0 Å². The van der Waals surface area contributed by atoms with Gasteiger partial charge in [-0.05, 0) is 100 Å². The number of nitrogens with one attached hydrogen (secondary N) is 1. The SMILES string of the molecule is CCc1c(-c2ccnc(OC)c2)[nH]c2ccc(C3CCN([C@H]4C[C@H]5CCC[C@@H](C4)N5C)CC3)cc12. The molecule has 186 valence electrons. The maximum absolute atomic E-state index is 5.37. The summed E-state index contributed by atoms with van der Waals surface area (Å²) in [6.07, 6.45) is 12.4. The van der Waals surface area contributed by atoms with Crippen LogP contribution in [0.2, 0.25) is 0 Å². The monoisotopic (exact) mass is 472 g/mol. The van der Waals surface area contributed by atoms with E-state index in [0.717, 1.165) is 30.1 Å². The van der Waals surface area contributed by atoms with Crippen LogP contribution in [0.4, 0.5) is 0 Å². The van der Waals surface area contributed by atoms with Crippen molar-refractivity contribution in [2.24, 2.45) is 0 Å². The highest BCUT2D eigenvalue weighted by Crippen LogP contribution is 2.39. The normalized spacial score (nSPS) is 26.3. The number of nitrogens with zero attached hydrogens (tertiary/aromatic N) is 3. The number of rotatable bonds is 5. The molecule has 0 aliphatic carbocycles. The second-order valence-electron chi connectivity index (χ2n) is 11.1. The summed E-state index contributed by atoms with van der Waals surface area (Å²) in [6.45, 7) is 4.77. The van der Waals surface area contributed by atoms with Gasteiger partial charge in [0.2, 0.25) is 5.88 Å². The number of ether oxygens (including phenoxy) is 1. The van der Waals surface area contributed by atoms with E-state index in [0.29, 0.717) is 11.8 Å². The van der Waals surface area contributed by atoms with Crippen LogP contribution in [0.5, 0.6) is 5.88 Å². The van der Waals surface area contributed by atoms with Crippen LogP contribution in [-0.4, -0.2) is 65.1 Å². The summed E-state index contributed by atoms with van der Waals surface area (Å²) >= 11 is 0. The Balaban J connectivity index is 1.19. The first-order valence-corrected chi connectivity index (χ1v) is 13.8. The van der Waals surface area contributed by atoms with E-state index in [1.807, 2.05) is 12.3 Å². The van der Waals surface area contributed by atoms with Gasteiger partial charge in [-0.25, -0.2) is 4.98 Å². The third-order valence-corrected chi connectivity index (χ3v) is 9.35. The van der Waals surface area contributed by atoms with Crippen LogP contribution in [0.15, 0.2) is 36.5 Å². The number of pyridine rings is 1. The molecule has 35 heavy (non-hydrogen) atoms. The van der Waals surface area contributed by atoms with Gasteiger partial charge in [0.1, 0.15) is 0 Å². The molecule has 2 bridgehead atoms. The van der Waals surface area contributed by atoms with Gasteiger partial charge >= 0.3 is 0 Å². The number of H-pyrrole nitrogens is 1. The van der Waals surface area contributed by atoms with Gasteiger partial charge in [-0.15, -0.1) is 0 Å². The number of likely N-dealkylation sites (tertiary alicyclic amines) is 1. The molecule has 1 N–H and O–H groups in total. The number of benzene rings is 1. The Labute approximate surface area is 209 Å². The van der Waals surface area contributed by atoms with Crippen molar-refractivity contribution in [3.63, 3.8) is 0 Å². The first-order valence-electron chi connectivity index (χ1n) is 13.8. The van der Waals surface area contributed by atoms with E-state index < -0.39 is 0 Å². The van der Waals surface area contributed by atoms with Gasteiger partial charge in [0.05, 0.1) is 7.11 Å². The molecule has 3 aromatic rings. The van der Waals surface area contributed by atoms with Gasteiger partial charge in [0.25, 0.3) is 0 Å². The molecule has 5 heteroatoms. The molecule has 1 aromatic carbocycles. The molecule has 3 saturated heterocycles. The van der Waals surface area contributed by atoms with Crippen LogP contribution in [0.1, 0.15) is 68.9 Å². The Morgan fingerprint density at radius 1 is 1.00 bits per heavy atom. The van der Waals surface area contributed by atoms with Crippen LogP contribution in [-0.2, 0) is 6.42 Å². The second-order valence-corrected chi connectivity index (χ2v) is 11.1. The summed E-state index contributed by atoms with van der Waals surface area (Å²) in [4.78, 5) is 13.5. The number of methoxy groups -OCH3 is 1. The number of hydrogen-bond donors (Lipinski definition) is 1. The average molecular weight is 473 g/mol. The molecule has 0 spiro atoms. The highest BCUT2D eigenvalue weighted by atomic mass is 16.5. The summed E-state index contributed by atoms with van der Waals surface area (Å²) in [5.74, 6) is 1.33. The van der Waals surface area contributed by atoms with Crippen molar-refractivity contribution in [2.45, 2.75) is 82.3 Å². The van der Waals surface area contributed by atoms with Crippen LogP contribution < -0.4 is 4.74 Å². The number of piperidine rings is 3. The molecule has 5 heterocycles. The number of aromatic nitrogens is 2. The zero-order chi connectivity index (χ0) is 23.9. The van der Waals surface area contributed by atoms with E-state index in [1.165, 1.54) is 85.8 Å². The molecule has 0 amide bonds. The Morgan fingerprint density at radius 3 is 2.49 bits per heavy atom. The Hall–Kier alpha value is -2.37. The van der Waals surface area contributed by atoms with Crippen LogP contribution in [0, 0.1) is 0 Å². The minimum atomic E-state index is 0.656. The van der Waals surface area contributed by atoms with Gasteiger partial charge in [-0.3, -0.25) is 0 Å². The number of aromatic amines is 1. The molecule has 5 nitrogen and oxygen atoms in total. The quantitative estimate of drug-likeness (QED) is 0.495. The minimum Gasteiger partial charge on any atom is -0.481 e. The third kappa shape index (κ3) is 4.27. The molecule has 0 radical (unpaired) electrons. The Morgan fingerprint density at radius 2 is 1.77 bits per heavy atom. The van der Waals surface area contributed by atoms with Crippen LogP contribution in [0.25, 0.3) is 22.2 Å². The van der Waals surface area contributed by atoms with Crippen LogP contribution >= 0.6 is 0 Å². The van der Waals surface area contributed by atoms with E-state index in [1.54, 1.807) is 7.11 Å². The van der Waals surface area contributed by atoms with Gasteiger partial charge in [-0.1, -0.05) is 19.4 Å². The summed E-state index contributed by atoms with van der Waals surface area (Å²) in [5, 5.41) is 1.38. The van der Waals surface area contributed by atoms with Crippen molar-refractivity contribution in [3.8, 4) is 17.1 Å². The average Bonchev–Trinajstić information content (AvgIpc) is 3.26. The molecule has 0 saturated carbocycles. The van der Waals surface area contributed by atoms with E-state index in [4.69, 9.17) is 4.74 Å². The third-order valence-electron chi connectivity index (χ3n) is 9.35. The second kappa shape index (κ2) is 9.59. The predicted octanol–water partition coefficient (Wildman–Crippen LogP) is 6.00. The van der Waals surface area contributed by atoms with Crippen molar-refractivity contribution in [1.82, 2.24) is 19.8 Å². The lowest BCUT2D eigenvalue weighted by molar-refractivity contribution is 0.00179. The van der Waals surface area contributed by atoms with Gasteiger partial charge in [0, 0.05) is 52.5 Å². The van der Waals surface area contributed by atoms with Gasteiger partial charge < -0.3 is 19.5 Å².